The lowest BCUT2D eigenvalue weighted by Gasteiger charge is -2.16. The van der Waals surface area contributed by atoms with Crippen molar-refractivity contribution >= 4 is 0 Å². The highest BCUT2D eigenvalue weighted by Crippen LogP contribution is 2.12. The smallest absolute Gasteiger partial charge is 0.115 e. The SMILES string of the molecule is NC=C1CCO1. The molecule has 0 atom stereocenters. The van der Waals surface area contributed by atoms with E-state index in [1.54, 1.807) is 0 Å². The molecule has 0 spiro atoms. The van der Waals surface area contributed by atoms with Crippen LogP contribution in [0.1, 0.15) is 6.42 Å². The van der Waals surface area contributed by atoms with Gasteiger partial charge in [-0.3, -0.25) is 0 Å². The van der Waals surface area contributed by atoms with Crippen molar-refractivity contribution in [2.75, 3.05) is 6.61 Å². The van der Waals surface area contributed by atoms with Crippen LogP contribution >= 0.6 is 0 Å². The van der Waals surface area contributed by atoms with Crippen LogP contribution < -0.4 is 5.73 Å². The summed E-state index contributed by atoms with van der Waals surface area (Å²) in [6.07, 6.45) is 2.53. The van der Waals surface area contributed by atoms with Crippen molar-refractivity contribution < 1.29 is 4.74 Å². The van der Waals surface area contributed by atoms with E-state index in [0.717, 1.165) is 18.8 Å². The molecular formula is C4H7NO. The van der Waals surface area contributed by atoms with Gasteiger partial charge in [-0.1, -0.05) is 0 Å². The van der Waals surface area contributed by atoms with Gasteiger partial charge < -0.3 is 10.5 Å². The molecule has 34 valence electrons. The lowest BCUT2D eigenvalue weighted by Crippen LogP contribution is -2.09. The van der Waals surface area contributed by atoms with Gasteiger partial charge in [0.15, 0.2) is 0 Å². The minimum atomic E-state index is 0.850. The topological polar surface area (TPSA) is 35.2 Å². The number of nitrogens with two attached hydrogens (primary N) is 1. The van der Waals surface area contributed by atoms with Crippen LogP contribution in [0.4, 0.5) is 0 Å². The summed E-state index contributed by atoms with van der Waals surface area (Å²) in [4.78, 5) is 0. The van der Waals surface area contributed by atoms with Crippen LogP contribution in [0.5, 0.6) is 0 Å². The Balaban J connectivity index is 2.34. The Hall–Kier alpha value is -0.660. The van der Waals surface area contributed by atoms with Crippen LogP contribution in [0.15, 0.2) is 12.0 Å². The molecule has 1 rings (SSSR count). The quantitative estimate of drug-likeness (QED) is 0.456. The van der Waals surface area contributed by atoms with E-state index >= 15 is 0 Å². The lowest BCUT2D eigenvalue weighted by molar-refractivity contribution is 0.117. The molecule has 0 radical (unpaired) electrons. The Kier molecular flexibility index (Phi) is 0.708. The van der Waals surface area contributed by atoms with E-state index in [-0.39, 0.29) is 0 Å². The Labute approximate surface area is 36.6 Å². The normalized spacial score (nSPS) is 25.7. The molecular weight excluding hydrogens is 78.0 g/mol. The van der Waals surface area contributed by atoms with E-state index in [1.807, 2.05) is 0 Å². The largest absolute Gasteiger partial charge is 0.496 e. The molecule has 0 bridgehead atoms. The molecule has 0 aromatic carbocycles. The Morgan fingerprint density at radius 2 is 2.50 bits per heavy atom. The first-order valence-electron chi connectivity index (χ1n) is 1.97. The predicted octanol–water partition coefficient (Wildman–Crippen LogP) is 0.207. The van der Waals surface area contributed by atoms with Crippen LogP contribution in [0, 0.1) is 0 Å². The van der Waals surface area contributed by atoms with Crippen LogP contribution in [0.2, 0.25) is 0 Å². The van der Waals surface area contributed by atoms with E-state index < -0.39 is 0 Å². The zero-order valence-corrected chi connectivity index (χ0v) is 3.48. The van der Waals surface area contributed by atoms with Gasteiger partial charge >= 0.3 is 0 Å². The Morgan fingerprint density at radius 1 is 1.83 bits per heavy atom. The van der Waals surface area contributed by atoms with Gasteiger partial charge in [0.1, 0.15) is 5.76 Å². The third kappa shape index (κ3) is 0.339. The van der Waals surface area contributed by atoms with Gasteiger partial charge in [-0.25, -0.2) is 0 Å². The van der Waals surface area contributed by atoms with Crippen LogP contribution in [0.3, 0.4) is 0 Å². The Morgan fingerprint density at radius 3 is 2.50 bits per heavy atom. The third-order valence-electron chi connectivity index (χ3n) is 0.822. The van der Waals surface area contributed by atoms with E-state index in [2.05, 4.69) is 0 Å². The fraction of sp³-hybridized carbons (Fsp3) is 0.500. The average Bonchev–Trinajstić information content (AvgIpc) is 1.31. The molecule has 0 aromatic rings. The first kappa shape index (κ1) is 3.53. The summed E-state index contributed by atoms with van der Waals surface area (Å²) in [6, 6.07) is 0. The van der Waals surface area contributed by atoms with Crippen molar-refractivity contribution in [3.05, 3.63) is 12.0 Å². The predicted molar refractivity (Wildman–Crippen MR) is 22.8 cm³/mol. The van der Waals surface area contributed by atoms with Crippen LogP contribution in [0.25, 0.3) is 0 Å². The molecule has 0 saturated carbocycles. The molecule has 0 amide bonds. The maximum atomic E-state index is 5.05. The molecule has 0 aromatic heterocycles. The molecule has 1 aliphatic rings. The van der Waals surface area contributed by atoms with Crippen molar-refractivity contribution in [3.8, 4) is 0 Å². The number of rotatable bonds is 0. The average molecular weight is 85.1 g/mol. The second kappa shape index (κ2) is 1.20. The number of ether oxygens (including phenoxy) is 1. The minimum Gasteiger partial charge on any atom is -0.496 e. The van der Waals surface area contributed by atoms with Crippen molar-refractivity contribution in [2.24, 2.45) is 5.73 Å². The summed E-state index contributed by atoms with van der Waals surface area (Å²) in [5, 5.41) is 0. The maximum absolute atomic E-state index is 5.05. The molecule has 2 N–H and O–H groups in total. The van der Waals surface area contributed by atoms with Crippen molar-refractivity contribution in [1.82, 2.24) is 0 Å². The molecule has 1 saturated heterocycles. The van der Waals surface area contributed by atoms with E-state index in [9.17, 15) is 0 Å². The zero-order chi connectivity index (χ0) is 4.41. The van der Waals surface area contributed by atoms with Crippen molar-refractivity contribution in [1.29, 1.82) is 0 Å². The molecule has 2 heteroatoms. The van der Waals surface area contributed by atoms with Crippen LogP contribution in [-0.2, 0) is 4.74 Å². The first-order valence-corrected chi connectivity index (χ1v) is 1.97. The number of hydrogen-bond donors (Lipinski definition) is 1. The maximum Gasteiger partial charge on any atom is 0.115 e. The number of hydrogen-bond acceptors (Lipinski definition) is 2. The van der Waals surface area contributed by atoms with Gasteiger partial charge in [-0.15, -0.1) is 0 Å². The monoisotopic (exact) mass is 85.1 g/mol. The molecule has 2 nitrogen and oxygen atoms in total. The fourth-order valence-electron chi connectivity index (χ4n) is 0.351. The second-order valence-electron chi connectivity index (χ2n) is 1.23. The summed E-state index contributed by atoms with van der Waals surface area (Å²) in [7, 11) is 0. The molecule has 1 fully saturated rings. The molecule has 1 aliphatic heterocycles. The van der Waals surface area contributed by atoms with E-state index in [1.165, 1.54) is 6.20 Å². The third-order valence-corrected chi connectivity index (χ3v) is 0.822. The summed E-state index contributed by atoms with van der Waals surface area (Å²) in [5.74, 6) is 0.926. The molecule has 1 heterocycles. The van der Waals surface area contributed by atoms with Gasteiger partial charge in [0.25, 0.3) is 0 Å². The van der Waals surface area contributed by atoms with Crippen LogP contribution in [-0.4, -0.2) is 6.61 Å². The van der Waals surface area contributed by atoms with Gasteiger partial charge in [-0.05, 0) is 0 Å². The van der Waals surface area contributed by atoms with Gasteiger partial charge in [-0.2, -0.15) is 0 Å². The highest BCUT2D eigenvalue weighted by molar-refractivity contribution is 4.95. The Bertz CT molecular complexity index is 71.6. The van der Waals surface area contributed by atoms with Gasteiger partial charge in [0.05, 0.1) is 6.61 Å². The van der Waals surface area contributed by atoms with Gasteiger partial charge in [0.2, 0.25) is 0 Å². The molecule has 6 heavy (non-hydrogen) atoms. The summed E-state index contributed by atoms with van der Waals surface area (Å²) in [5.41, 5.74) is 5.05. The lowest BCUT2D eigenvalue weighted by atomic mass is 10.3. The zero-order valence-electron chi connectivity index (χ0n) is 3.48. The molecule has 0 aliphatic carbocycles. The minimum absolute atomic E-state index is 0.850. The highest BCUT2D eigenvalue weighted by atomic mass is 16.5. The second-order valence-corrected chi connectivity index (χ2v) is 1.23. The van der Waals surface area contributed by atoms with E-state index in [4.69, 9.17) is 10.5 Å². The molecule has 0 unspecified atom stereocenters. The standard InChI is InChI=1S/C4H7NO/c5-3-4-1-2-6-4/h3H,1-2,5H2. The van der Waals surface area contributed by atoms with Crippen molar-refractivity contribution in [2.45, 2.75) is 6.42 Å². The van der Waals surface area contributed by atoms with Crippen molar-refractivity contribution in [3.63, 3.8) is 0 Å². The fourth-order valence-corrected chi connectivity index (χ4v) is 0.351. The first-order chi connectivity index (χ1) is 2.93. The highest BCUT2D eigenvalue weighted by Gasteiger charge is 2.06. The summed E-state index contributed by atoms with van der Waals surface area (Å²) >= 11 is 0. The summed E-state index contributed by atoms with van der Waals surface area (Å²) < 4.78 is 4.82. The summed E-state index contributed by atoms with van der Waals surface area (Å²) in [6.45, 7) is 0.850. The van der Waals surface area contributed by atoms with Gasteiger partial charge in [0, 0.05) is 12.6 Å². The van der Waals surface area contributed by atoms with E-state index in [0.29, 0.717) is 0 Å².